The van der Waals surface area contributed by atoms with Crippen molar-refractivity contribution in [3.05, 3.63) is 59.2 Å². The van der Waals surface area contributed by atoms with E-state index in [1.54, 1.807) is 14.1 Å². The van der Waals surface area contributed by atoms with Crippen molar-refractivity contribution in [3.8, 4) is 11.5 Å². The Hall–Kier alpha value is -3.22. The second-order valence-electron chi connectivity index (χ2n) is 6.07. The van der Waals surface area contributed by atoms with Crippen LogP contribution in [0.4, 0.5) is 0 Å². The topological polar surface area (TPSA) is 84.0 Å². The molecule has 0 saturated carbocycles. The van der Waals surface area contributed by atoms with E-state index in [2.05, 4.69) is 20.9 Å². The van der Waals surface area contributed by atoms with Gasteiger partial charge in [-0.2, -0.15) is 0 Å². The molecule has 142 valence electrons. The van der Waals surface area contributed by atoms with Gasteiger partial charge in [-0.15, -0.1) is 0 Å². The van der Waals surface area contributed by atoms with Gasteiger partial charge in [0.05, 0.1) is 0 Å². The third-order valence-electron chi connectivity index (χ3n) is 4.24. The van der Waals surface area contributed by atoms with E-state index in [1.807, 2.05) is 42.5 Å². The minimum atomic E-state index is -0.0778. The van der Waals surface area contributed by atoms with Crippen molar-refractivity contribution in [1.82, 2.24) is 16.0 Å². The van der Waals surface area contributed by atoms with Crippen LogP contribution in [0.15, 0.2) is 47.5 Å². The molecule has 0 unspecified atom stereocenters. The molecule has 1 aliphatic heterocycles. The van der Waals surface area contributed by atoms with Crippen LogP contribution in [0.25, 0.3) is 0 Å². The predicted octanol–water partition coefficient (Wildman–Crippen LogP) is 1.68. The van der Waals surface area contributed by atoms with Crippen LogP contribution in [0.2, 0.25) is 0 Å². The summed E-state index contributed by atoms with van der Waals surface area (Å²) in [7, 11) is 3.37. The Balaban J connectivity index is 1.47. The van der Waals surface area contributed by atoms with Crippen molar-refractivity contribution >= 4 is 11.9 Å². The van der Waals surface area contributed by atoms with Crippen LogP contribution in [-0.2, 0) is 13.0 Å². The molecule has 3 N–H and O–H groups in total. The maximum atomic E-state index is 11.7. The molecule has 2 aromatic rings. The summed E-state index contributed by atoms with van der Waals surface area (Å²) in [5.74, 6) is 2.19. The number of carbonyl (C=O) groups is 1. The zero-order chi connectivity index (χ0) is 19.1. The fourth-order valence-corrected chi connectivity index (χ4v) is 2.79. The molecule has 2 aromatic carbocycles. The number of ether oxygens (including phenoxy) is 2. The molecule has 0 spiro atoms. The lowest BCUT2D eigenvalue weighted by Crippen LogP contribution is -2.37. The lowest BCUT2D eigenvalue weighted by molar-refractivity contribution is 0.0963. The number of amides is 1. The molecule has 0 aliphatic carbocycles. The highest BCUT2D eigenvalue weighted by Gasteiger charge is 2.13. The van der Waals surface area contributed by atoms with Crippen LogP contribution in [0.1, 0.15) is 21.5 Å². The van der Waals surface area contributed by atoms with Crippen molar-refractivity contribution in [2.75, 3.05) is 27.4 Å². The van der Waals surface area contributed by atoms with Crippen molar-refractivity contribution < 1.29 is 14.3 Å². The van der Waals surface area contributed by atoms with Crippen LogP contribution in [0, 0.1) is 0 Å². The molecule has 1 heterocycles. The first-order chi connectivity index (χ1) is 13.2. The Morgan fingerprint density at radius 2 is 1.93 bits per heavy atom. The van der Waals surface area contributed by atoms with Crippen molar-refractivity contribution in [1.29, 1.82) is 0 Å². The third-order valence-corrected chi connectivity index (χ3v) is 4.24. The number of benzene rings is 2. The summed E-state index contributed by atoms with van der Waals surface area (Å²) in [5, 5.41) is 9.21. The lowest BCUT2D eigenvalue weighted by Gasteiger charge is -2.12. The van der Waals surface area contributed by atoms with Gasteiger partial charge < -0.3 is 25.4 Å². The molecule has 1 aliphatic rings. The molecule has 7 heteroatoms. The number of nitrogens with zero attached hydrogens (tertiary/aromatic N) is 1. The van der Waals surface area contributed by atoms with Crippen molar-refractivity contribution in [3.63, 3.8) is 0 Å². The molecule has 7 nitrogen and oxygen atoms in total. The van der Waals surface area contributed by atoms with Gasteiger partial charge in [0.2, 0.25) is 6.79 Å². The zero-order valence-electron chi connectivity index (χ0n) is 15.5. The minimum Gasteiger partial charge on any atom is -0.454 e. The monoisotopic (exact) mass is 368 g/mol. The number of fused-ring (bicyclic) bond motifs is 1. The molecule has 27 heavy (non-hydrogen) atoms. The van der Waals surface area contributed by atoms with Gasteiger partial charge >= 0.3 is 0 Å². The van der Waals surface area contributed by atoms with E-state index in [-0.39, 0.29) is 12.7 Å². The van der Waals surface area contributed by atoms with Crippen LogP contribution in [-0.4, -0.2) is 39.3 Å². The minimum absolute atomic E-state index is 0.0778. The fraction of sp³-hybridized carbons (Fsp3) is 0.300. The number of hydrogen-bond donors (Lipinski definition) is 3. The molecule has 1 amide bonds. The summed E-state index contributed by atoms with van der Waals surface area (Å²) in [6.07, 6.45) is 0.787. The first kappa shape index (κ1) is 18.6. The van der Waals surface area contributed by atoms with E-state index in [0.29, 0.717) is 18.7 Å². The molecular formula is C20H24N4O3. The summed E-state index contributed by atoms with van der Waals surface area (Å²) in [6, 6.07) is 13.5. The smallest absolute Gasteiger partial charge is 0.251 e. The predicted molar refractivity (Wildman–Crippen MR) is 104 cm³/mol. The molecule has 3 rings (SSSR count). The maximum Gasteiger partial charge on any atom is 0.251 e. The average molecular weight is 368 g/mol. The zero-order valence-corrected chi connectivity index (χ0v) is 15.5. The highest BCUT2D eigenvalue weighted by molar-refractivity contribution is 5.94. The Morgan fingerprint density at radius 1 is 1.07 bits per heavy atom. The second kappa shape index (κ2) is 8.93. The molecule has 0 aromatic heterocycles. The van der Waals surface area contributed by atoms with Gasteiger partial charge in [0, 0.05) is 32.7 Å². The Morgan fingerprint density at radius 3 is 2.74 bits per heavy atom. The van der Waals surface area contributed by atoms with Gasteiger partial charge in [-0.05, 0) is 41.8 Å². The maximum absolute atomic E-state index is 11.7. The summed E-state index contributed by atoms with van der Waals surface area (Å²) in [4.78, 5) is 16.0. The third kappa shape index (κ3) is 4.91. The summed E-state index contributed by atoms with van der Waals surface area (Å²) in [6.45, 7) is 1.61. The standard InChI is InChI=1S/C20H24N4O3/c1-21-19(25)16-5-3-4-14(10-16)8-9-23-20(22-2)24-12-15-6-7-17-18(11-15)27-13-26-17/h3-7,10-11H,8-9,12-13H2,1-2H3,(H,21,25)(H2,22,23,24). The van der Waals surface area contributed by atoms with Crippen molar-refractivity contribution in [2.24, 2.45) is 4.99 Å². The van der Waals surface area contributed by atoms with E-state index < -0.39 is 0 Å². The van der Waals surface area contributed by atoms with Gasteiger partial charge in [-0.3, -0.25) is 9.79 Å². The molecular weight excluding hydrogens is 344 g/mol. The van der Waals surface area contributed by atoms with E-state index in [1.165, 1.54) is 0 Å². The van der Waals surface area contributed by atoms with Gasteiger partial charge in [0.25, 0.3) is 5.91 Å². The first-order valence-corrected chi connectivity index (χ1v) is 8.83. The van der Waals surface area contributed by atoms with Gasteiger partial charge in [-0.25, -0.2) is 0 Å². The molecule has 0 fully saturated rings. The normalized spacial score (nSPS) is 12.6. The summed E-state index contributed by atoms with van der Waals surface area (Å²) in [5.41, 5.74) is 2.84. The van der Waals surface area contributed by atoms with Crippen LogP contribution < -0.4 is 25.4 Å². The SMILES string of the molecule is CN=C(NCCc1cccc(C(=O)NC)c1)NCc1ccc2c(c1)OCO2. The number of carbonyl (C=O) groups excluding carboxylic acids is 1. The quantitative estimate of drug-likeness (QED) is 0.534. The first-order valence-electron chi connectivity index (χ1n) is 8.83. The Kier molecular flexibility index (Phi) is 6.14. The fourth-order valence-electron chi connectivity index (χ4n) is 2.79. The summed E-state index contributed by atoms with van der Waals surface area (Å²) < 4.78 is 10.7. The van der Waals surface area contributed by atoms with E-state index >= 15 is 0 Å². The number of aliphatic imine (C=N–C) groups is 1. The lowest BCUT2D eigenvalue weighted by atomic mass is 10.1. The Bertz CT molecular complexity index is 836. The van der Waals surface area contributed by atoms with Crippen molar-refractivity contribution in [2.45, 2.75) is 13.0 Å². The molecule has 0 atom stereocenters. The highest BCUT2D eigenvalue weighted by Crippen LogP contribution is 2.32. The van der Waals surface area contributed by atoms with Crippen LogP contribution >= 0.6 is 0 Å². The highest BCUT2D eigenvalue weighted by atomic mass is 16.7. The number of rotatable bonds is 6. The second-order valence-corrected chi connectivity index (χ2v) is 6.07. The van der Waals surface area contributed by atoms with E-state index in [9.17, 15) is 4.79 Å². The van der Waals surface area contributed by atoms with Gasteiger partial charge in [0.1, 0.15) is 0 Å². The summed E-state index contributed by atoms with van der Waals surface area (Å²) >= 11 is 0. The average Bonchev–Trinajstić information content (AvgIpc) is 3.18. The number of guanidine groups is 1. The van der Waals surface area contributed by atoms with Crippen LogP contribution in [0.3, 0.4) is 0 Å². The molecule has 0 radical (unpaired) electrons. The molecule has 0 saturated heterocycles. The number of nitrogens with one attached hydrogen (secondary N) is 3. The van der Waals surface area contributed by atoms with Crippen LogP contribution in [0.5, 0.6) is 11.5 Å². The van der Waals surface area contributed by atoms with Gasteiger partial charge in [-0.1, -0.05) is 18.2 Å². The number of hydrogen-bond acceptors (Lipinski definition) is 4. The van der Waals surface area contributed by atoms with E-state index in [4.69, 9.17) is 9.47 Å². The van der Waals surface area contributed by atoms with Gasteiger partial charge in [0.15, 0.2) is 17.5 Å². The largest absolute Gasteiger partial charge is 0.454 e. The molecule has 0 bridgehead atoms. The Labute approximate surface area is 158 Å². The van der Waals surface area contributed by atoms with E-state index in [0.717, 1.165) is 35.0 Å².